The van der Waals surface area contributed by atoms with Gasteiger partial charge in [0.1, 0.15) is 6.54 Å². The van der Waals surface area contributed by atoms with Crippen molar-refractivity contribution in [2.75, 3.05) is 26.6 Å². The number of hydrogen-bond acceptors (Lipinski definition) is 7. The molecule has 0 unspecified atom stereocenters. The number of methoxy groups -OCH3 is 3. The molecular formula is C18H20BrN5O6. The zero-order valence-electron chi connectivity index (χ0n) is 17.0. The lowest BCUT2D eigenvalue weighted by molar-refractivity contribution is -0.116. The lowest BCUT2D eigenvalue weighted by Gasteiger charge is -2.15. The van der Waals surface area contributed by atoms with Gasteiger partial charge in [-0.3, -0.25) is 23.3 Å². The van der Waals surface area contributed by atoms with E-state index in [1.807, 2.05) is 0 Å². The first-order chi connectivity index (χ1) is 14.2. The first kappa shape index (κ1) is 21.4. The average Bonchev–Trinajstić information content (AvgIpc) is 3.05. The number of carbonyl (C=O) groups is 1. The number of nitrogens with one attached hydrogen (secondary N) is 1. The highest BCUT2D eigenvalue weighted by molar-refractivity contribution is 9.10. The molecule has 1 amide bonds. The van der Waals surface area contributed by atoms with Crippen LogP contribution in [0.1, 0.15) is 0 Å². The minimum atomic E-state index is -0.544. The van der Waals surface area contributed by atoms with Gasteiger partial charge < -0.3 is 19.5 Å². The highest BCUT2D eigenvalue weighted by atomic mass is 79.9. The van der Waals surface area contributed by atoms with E-state index >= 15 is 0 Å². The molecule has 0 spiro atoms. The van der Waals surface area contributed by atoms with Gasteiger partial charge in [0.15, 0.2) is 27.4 Å². The Hall–Kier alpha value is -3.28. The molecular weight excluding hydrogens is 462 g/mol. The molecule has 0 radical (unpaired) electrons. The quantitative estimate of drug-likeness (QED) is 0.518. The zero-order valence-corrected chi connectivity index (χ0v) is 18.6. The predicted molar refractivity (Wildman–Crippen MR) is 113 cm³/mol. The van der Waals surface area contributed by atoms with Crippen LogP contribution in [0.15, 0.2) is 26.5 Å². The summed E-state index contributed by atoms with van der Waals surface area (Å²) in [6.07, 6.45) is 0. The molecule has 160 valence electrons. The Morgan fingerprint density at radius 3 is 2.20 bits per heavy atom. The van der Waals surface area contributed by atoms with Crippen LogP contribution in [0.25, 0.3) is 11.2 Å². The number of hydrogen-bond donors (Lipinski definition) is 1. The normalized spacial score (nSPS) is 10.9. The first-order valence-electron chi connectivity index (χ1n) is 8.65. The molecule has 0 bridgehead atoms. The topological polar surface area (TPSA) is 119 Å². The maximum Gasteiger partial charge on any atom is 0.332 e. The lowest BCUT2D eigenvalue weighted by atomic mass is 10.2. The minimum absolute atomic E-state index is 0.0760. The summed E-state index contributed by atoms with van der Waals surface area (Å²) < 4.78 is 19.7. The molecule has 3 aromatic rings. The molecule has 0 saturated carbocycles. The summed E-state index contributed by atoms with van der Waals surface area (Å²) in [6, 6.07) is 3.18. The molecule has 0 aliphatic carbocycles. The molecule has 3 rings (SSSR count). The molecule has 12 heteroatoms. The summed E-state index contributed by atoms with van der Waals surface area (Å²) in [5.41, 5.74) is -0.342. The van der Waals surface area contributed by atoms with E-state index in [4.69, 9.17) is 14.2 Å². The monoisotopic (exact) mass is 481 g/mol. The van der Waals surface area contributed by atoms with Crippen LogP contribution in [-0.2, 0) is 25.4 Å². The SMILES string of the molecule is COc1cc(NC(=O)Cn2c(Br)nc3c(=O)n(C)c(=O)n(C)c32)cc(OC)c1OC. The number of ether oxygens (including phenoxy) is 3. The second kappa shape index (κ2) is 8.22. The van der Waals surface area contributed by atoms with Gasteiger partial charge in [-0.2, -0.15) is 0 Å². The van der Waals surface area contributed by atoms with Gasteiger partial charge in [0.2, 0.25) is 11.7 Å². The number of fused-ring (bicyclic) bond motifs is 1. The average molecular weight is 482 g/mol. The van der Waals surface area contributed by atoms with Gasteiger partial charge in [-0.25, -0.2) is 9.78 Å². The van der Waals surface area contributed by atoms with Crippen molar-refractivity contribution in [1.82, 2.24) is 18.7 Å². The van der Waals surface area contributed by atoms with E-state index in [0.29, 0.717) is 22.9 Å². The van der Waals surface area contributed by atoms with Crippen molar-refractivity contribution in [2.45, 2.75) is 6.54 Å². The molecule has 30 heavy (non-hydrogen) atoms. The minimum Gasteiger partial charge on any atom is -0.493 e. The van der Waals surface area contributed by atoms with Crippen molar-refractivity contribution in [3.8, 4) is 17.2 Å². The number of carbonyl (C=O) groups excluding carboxylic acids is 1. The maximum absolute atomic E-state index is 12.7. The molecule has 0 aliphatic rings. The first-order valence-corrected chi connectivity index (χ1v) is 9.44. The standard InChI is InChI=1S/C18H20BrN5O6/c1-22-15-13(16(26)23(2)18(22)27)21-17(19)24(15)8-12(25)20-9-6-10(28-3)14(30-5)11(7-9)29-4/h6-7H,8H2,1-5H3,(H,20,25). The van der Waals surface area contributed by atoms with Crippen LogP contribution in [0.2, 0.25) is 0 Å². The second-order valence-electron chi connectivity index (χ2n) is 6.31. The molecule has 1 N–H and O–H groups in total. The smallest absolute Gasteiger partial charge is 0.332 e. The Morgan fingerprint density at radius 2 is 1.67 bits per heavy atom. The highest BCUT2D eigenvalue weighted by Gasteiger charge is 2.20. The molecule has 2 aromatic heterocycles. The molecule has 0 atom stereocenters. The van der Waals surface area contributed by atoms with Gasteiger partial charge in [0.25, 0.3) is 5.56 Å². The van der Waals surface area contributed by atoms with Gasteiger partial charge in [0, 0.05) is 31.9 Å². The van der Waals surface area contributed by atoms with E-state index in [2.05, 4.69) is 26.2 Å². The van der Waals surface area contributed by atoms with E-state index in [9.17, 15) is 14.4 Å². The fraction of sp³-hybridized carbons (Fsp3) is 0.333. The van der Waals surface area contributed by atoms with Gasteiger partial charge in [-0.05, 0) is 15.9 Å². The fourth-order valence-electron chi connectivity index (χ4n) is 3.10. The fourth-order valence-corrected chi connectivity index (χ4v) is 3.57. The molecule has 0 saturated heterocycles. The third kappa shape index (κ3) is 3.54. The van der Waals surface area contributed by atoms with Gasteiger partial charge in [-0.1, -0.05) is 0 Å². The molecule has 11 nitrogen and oxygen atoms in total. The molecule has 2 heterocycles. The summed E-state index contributed by atoms with van der Waals surface area (Å²) in [6.45, 7) is -0.200. The molecule has 1 aromatic carbocycles. The van der Waals surface area contributed by atoms with Crippen molar-refractivity contribution in [3.63, 3.8) is 0 Å². The van der Waals surface area contributed by atoms with Crippen LogP contribution in [0.4, 0.5) is 5.69 Å². The largest absolute Gasteiger partial charge is 0.493 e. The molecule has 0 aliphatic heterocycles. The van der Waals surface area contributed by atoms with E-state index in [1.54, 1.807) is 12.1 Å². The van der Waals surface area contributed by atoms with E-state index < -0.39 is 17.2 Å². The predicted octanol–water partition coefficient (Wildman–Crippen LogP) is 0.861. The Kier molecular flexibility index (Phi) is 5.87. The van der Waals surface area contributed by atoms with Crippen molar-refractivity contribution in [2.24, 2.45) is 14.1 Å². The summed E-state index contributed by atoms with van der Waals surface area (Å²) in [4.78, 5) is 41.5. The van der Waals surface area contributed by atoms with Gasteiger partial charge >= 0.3 is 5.69 Å². The summed E-state index contributed by atoms with van der Waals surface area (Å²) in [5.74, 6) is 0.740. The zero-order chi connectivity index (χ0) is 22.2. The number of benzene rings is 1. The second-order valence-corrected chi connectivity index (χ2v) is 7.02. The third-order valence-corrected chi connectivity index (χ3v) is 5.15. The van der Waals surface area contributed by atoms with Crippen LogP contribution in [0, 0.1) is 0 Å². The van der Waals surface area contributed by atoms with Crippen LogP contribution >= 0.6 is 15.9 Å². The van der Waals surface area contributed by atoms with Crippen LogP contribution in [0.5, 0.6) is 17.2 Å². The maximum atomic E-state index is 12.7. The van der Waals surface area contributed by atoms with Crippen molar-refractivity contribution >= 4 is 38.7 Å². The number of aromatic nitrogens is 4. The number of rotatable bonds is 6. The summed E-state index contributed by atoms with van der Waals surface area (Å²) in [7, 11) is 7.30. The number of nitrogens with zero attached hydrogens (tertiary/aromatic N) is 4. The van der Waals surface area contributed by atoms with Crippen LogP contribution in [0.3, 0.4) is 0 Å². The Bertz CT molecular complexity index is 1230. The third-order valence-electron chi connectivity index (χ3n) is 4.54. The van der Waals surface area contributed by atoms with Crippen molar-refractivity contribution in [1.29, 1.82) is 0 Å². The number of amides is 1. The van der Waals surface area contributed by atoms with E-state index in [-0.39, 0.29) is 22.4 Å². The summed E-state index contributed by atoms with van der Waals surface area (Å²) >= 11 is 3.26. The van der Waals surface area contributed by atoms with E-state index in [1.165, 1.54) is 44.6 Å². The van der Waals surface area contributed by atoms with Crippen LogP contribution < -0.4 is 30.8 Å². The van der Waals surface area contributed by atoms with Gasteiger partial charge in [0.05, 0.1) is 21.3 Å². The highest BCUT2D eigenvalue weighted by Crippen LogP contribution is 2.39. The van der Waals surface area contributed by atoms with Crippen molar-refractivity contribution < 1.29 is 19.0 Å². The number of halogens is 1. The number of anilines is 1. The molecule has 0 fully saturated rings. The van der Waals surface area contributed by atoms with E-state index in [0.717, 1.165) is 4.57 Å². The summed E-state index contributed by atoms with van der Waals surface area (Å²) in [5, 5.41) is 2.74. The number of aryl methyl sites for hydroxylation is 1. The van der Waals surface area contributed by atoms with Gasteiger partial charge in [-0.15, -0.1) is 0 Å². The Balaban J connectivity index is 1.98. The van der Waals surface area contributed by atoms with Crippen molar-refractivity contribution in [3.05, 3.63) is 37.7 Å². The van der Waals surface area contributed by atoms with Crippen LogP contribution in [-0.4, -0.2) is 45.9 Å². The lowest BCUT2D eigenvalue weighted by Crippen LogP contribution is -2.37. The number of imidazole rings is 1. The Labute approximate surface area is 178 Å². The Morgan fingerprint density at radius 1 is 1.07 bits per heavy atom.